The number of amides is 1. The van der Waals surface area contributed by atoms with Crippen LogP contribution in [-0.2, 0) is 16.6 Å². The molecule has 0 atom stereocenters. The number of piperazine rings is 1. The molecule has 0 unspecified atom stereocenters. The van der Waals surface area contributed by atoms with Gasteiger partial charge in [0.1, 0.15) is 17.1 Å². The first-order valence-corrected chi connectivity index (χ1v) is 14.7. The zero-order valence-electron chi connectivity index (χ0n) is 23.1. The van der Waals surface area contributed by atoms with Crippen LogP contribution < -0.4 is 15.6 Å². The molecule has 0 saturated carbocycles. The summed E-state index contributed by atoms with van der Waals surface area (Å²) in [5.41, 5.74) is 0.687. The van der Waals surface area contributed by atoms with Crippen molar-refractivity contribution in [2.75, 3.05) is 46.9 Å². The zero-order valence-corrected chi connectivity index (χ0v) is 23.9. The van der Waals surface area contributed by atoms with E-state index >= 15 is 0 Å². The van der Waals surface area contributed by atoms with Crippen LogP contribution in [0.15, 0.2) is 52.4 Å². The Morgan fingerprint density at radius 3 is 2.63 bits per heavy atom. The predicted octanol–water partition coefficient (Wildman–Crippen LogP) is 1.31. The van der Waals surface area contributed by atoms with Gasteiger partial charge in [-0.2, -0.15) is 9.40 Å². The van der Waals surface area contributed by atoms with Crippen LogP contribution in [0.2, 0.25) is 0 Å². The quantitative estimate of drug-likeness (QED) is 0.298. The molecule has 5 rings (SSSR count). The molecule has 0 bridgehead atoms. The van der Waals surface area contributed by atoms with E-state index in [2.05, 4.69) is 30.3 Å². The Balaban J connectivity index is 1.65. The molecule has 0 aliphatic carbocycles. The summed E-state index contributed by atoms with van der Waals surface area (Å²) in [6.45, 7) is 4.50. The Morgan fingerprint density at radius 1 is 1.17 bits per heavy atom. The van der Waals surface area contributed by atoms with Crippen LogP contribution in [0.3, 0.4) is 0 Å². The lowest BCUT2D eigenvalue weighted by Gasteiger charge is -2.31. The molecule has 4 heterocycles. The van der Waals surface area contributed by atoms with Gasteiger partial charge in [-0.25, -0.2) is 13.4 Å². The largest absolute Gasteiger partial charge is 0.493 e. The molecule has 1 fully saturated rings. The van der Waals surface area contributed by atoms with Gasteiger partial charge in [-0.3, -0.25) is 19.3 Å². The van der Waals surface area contributed by atoms with E-state index in [-0.39, 0.29) is 39.6 Å². The second kappa shape index (κ2) is 11.8. The molecule has 41 heavy (non-hydrogen) atoms. The van der Waals surface area contributed by atoms with Gasteiger partial charge in [-0.05, 0) is 43.3 Å². The van der Waals surface area contributed by atoms with Crippen molar-refractivity contribution in [1.29, 1.82) is 0 Å². The van der Waals surface area contributed by atoms with Gasteiger partial charge < -0.3 is 19.9 Å². The maximum Gasteiger partial charge on any atom is 0.277 e. The highest BCUT2D eigenvalue weighted by Gasteiger charge is 2.29. The Bertz CT molecular complexity index is 1730. The van der Waals surface area contributed by atoms with Gasteiger partial charge in [0.15, 0.2) is 11.2 Å². The fourth-order valence-electron chi connectivity index (χ4n) is 4.64. The standard InChI is InChI=1S/C27H32N8O5S/c1-4-14-40-21-8-7-19(41(38,39)34-12-10-33(3)11-13-34)15-20(21)25-30-22-23(26(36)28-2)32-35(24(22)27(37)31-25)17-18-6-5-9-29-16-18/h5-9,15-16H,4,10-14,17H2,1-3H3,(H,28,36)(H,30,31,37). The van der Waals surface area contributed by atoms with Crippen molar-refractivity contribution in [1.82, 2.24) is 39.3 Å². The maximum atomic E-state index is 13.5. The fraction of sp³-hybridized carbons (Fsp3) is 0.370. The number of ether oxygens (including phenoxy) is 1. The molecule has 1 amide bonds. The molecule has 0 radical (unpaired) electrons. The van der Waals surface area contributed by atoms with Crippen LogP contribution in [0.25, 0.3) is 22.4 Å². The molecule has 216 valence electrons. The molecule has 1 aromatic carbocycles. The molecule has 0 spiro atoms. The van der Waals surface area contributed by atoms with E-state index in [1.807, 2.05) is 20.0 Å². The first kappa shape index (κ1) is 28.4. The molecule has 1 aliphatic rings. The number of hydrogen-bond acceptors (Lipinski definition) is 9. The normalized spacial score (nSPS) is 14.8. The number of H-pyrrole nitrogens is 1. The number of carbonyl (C=O) groups excluding carboxylic acids is 1. The van der Waals surface area contributed by atoms with Gasteiger partial charge in [0.05, 0.1) is 23.6 Å². The lowest BCUT2D eigenvalue weighted by molar-refractivity contribution is 0.0958. The molecule has 13 nitrogen and oxygen atoms in total. The van der Waals surface area contributed by atoms with Crippen LogP contribution in [0.4, 0.5) is 0 Å². The molecular weight excluding hydrogens is 548 g/mol. The number of likely N-dealkylation sites (N-methyl/N-ethyl adjacent to an activating group) is 1. The number of nitrogens with zero attached hydrogens (tertiary/aromatic N) is 6. The number of benzene rings is 1. The van der Waals surface area contributed by atoms with E-state index < -0.39 is 21.5 Å². The van der Waals surface area contributed by atoms with Gasteiger partial charge in [-0.1, -0.05) is 13.0 Å². The molecule has 4 aromatic rings. The van der Waals surface area contributed by atoms with Crippen molar-refractivity contribution < 1.29 is 17.9 Å². The van der Waals surface area contributed by atoms with E-state index in [0.717, 1.165) is 5.56 Å². The number of nitrogens with one attached hydrogen (secondary N) is 2. The van der Waals surface area contributed by atoms with Gasteiger partial charge in [0.25, 0.3) is 11.5 Å². The topological polar surface area (TPSA) is 155 Å². The molecule has 1 saturated heterocycles. The van der Waals surface area contributed by atoms with Gasteiger partial charge >= 0.3 is 0 Å². The zero-order chi connectivity index (χ0) is 29.1. The number of rotatable bonds is 9. The third kappa shape index (κ3) is 5.71. The minimum atomic E-state index is -3.82. The molecule has 1 aliphatic heterocycles. The Morgan fingerprint density at radius 2 is 1.95 bits per heavy atom. The first-order chi connectivity index (χ1) is 19.7. The lowest BCUT2D eigenvalue weighted by atomic mass is 10.1. The lowest BCUT2D eigenvalue weighted by Crippen LogP contribution is -2.47. The van der Waals surface area contributed by atoms with Gasteiger partial charge in [0, 0.05) is 45.6 Å². The molecule has 3 aromatic heterocycles. The molecular formula is C27H32N8O5S. The van der Waals surface area contributed by atoms with Crippen molar-refractivity contribution in [2.24, 2.45) is 0 Å². The Kier molecular flexibility index (Phi) is 8.15. The third-order valence-corrected chi connectivity index (χ3v) is 8.76. The van der Waals surface area contributed by atoms with Crippen LogP contribution in [0, 0.1) is 0 Å². The fourth-order valence-corrected chi connectivity index (χ4v) is 6.09. The van der Waals surface area contributed by atoms with Crippen molar-refractivity contribution in [3.8, 4) is 17.1 Å². The number of aromatic nitrogens is 5. The summed E-state index contributed by atoms with van der Waals surface area (Å²) in [6.07, 6.45) is 4.00. The monoisotopic (exact) mass is 580 g/mol. The van der Waals surface area contributed by atoms with Crippen molar-refractivity contribution in [3.05, 3.63) is 64.3 Å². The van der Waals surface area contributed by atoms with Crippen LogP contribution in [0.5, 0.6) is 5.75 Å². The second-order valence-electron chi connectivity index (χ2n) is 9.77. The number of fused-ring (bicyclic) bond motifs is 1. The number of sulfonamides is 1. The highest BCUT2D eigenvalue weighted by atomic mass is 32.2. The SMILES string of the molecule is CCCOc1ccc(S(=O)(=O)N2CCN(C)CC2)cc1-c1nc2c(C(=O)NC)nn(Cc3cccnc3)c2c(=O)[nH]1. The van der Waals surface area contributed by atoms with Crippen molar-refractivity contribution in [2.45, 2.75) is 24.8 Å². The van der Waals surface area contributed by atoms with Crippen molar-refractivity contribution >= 4 is 27.0 Å². The summed E-state index contributed by atoms with van der Waals surface area (Å²) in [4.78, 5) is 39.9. The number of hydrogen-bond donors (Lipinski definition) is 2. The Hall–Kier alpha value is -4.14. The highest BCUT2D eigenvalue weighted by Crippen LogP contribution is 2.32. The minimum absolute atomic E-state index is 0.0315. The van der Waals surface area contributed by atoms with Crippen LogP contribution in [0.1, 0.15) is 29.4 Å². The molecule has 14 heteroatoms. The smallest absolute Gasteiger partial charge is 0.277 e. The van der Waals surface area contributed by atoms with E-state index in [4.69, 9.17) is 4.74 Å². The highest BCUT2D eigenvalue weighted by molar-refractivity contribution is 7.89. The number of pyridine rings is 1. The third-order valence-electron chi connectivity index (χ3n) is 6.86. The summed E-state index contributed by atoms with van der Waals surface area (Å²) in [5, 5.41) is 6.95. The summed E-state index contributed by atoms with van der Waals surface area (Å²) in [7, 11) is -0.403. The first-order valence-electron chi connectivity index (χ1n) is 13.3. The van der Waals surface area contributed by atoms with E-state index in [0.29, 0.717) is 45.0 Å². The minimum Gasteiger partial charge on any atom is -0.493 e. The van der Waals surface area contributed by atoms with E-state index in [1.54, 1.807) is 24.5 Å². The second-order valence-corrected chi connectivity index (χ2v) is 11.7. The summed E-state index contributed by atoms with van der Waals surface area (Å²) in [5.74, 6) is -0.0936. The molecule has 2 N–H and O–H groups in total. The average molecular weight is 581 g/mol. The number of carbonyl (C=O) groups is 1. The summed E-state index contributed by atoms with van der Waals surface area (Å²) >= 11 is 0. The van der Waals surface area contributed by atoms with E-state index in [9.17, 15) is 18.0 Å². The van der Waals surface area contributed by atoms with Gasteiger partial charge in [0.2, 0.25) is 10.0 Å². The summed E-state index contributed by atoms with van der Waals surface area (Å²) < 4.78 is 35.9. The average Bonchev–Trinajstić information content (AvgIpc) is 3.34. The van der Waals surface area contributed by atoms with Gasteiger partial charge in [-0.15, -0.1) is 0 Å². The summed E-state index contributed by atoms with van der Waals surface area (Å²) in [6, 6.07) is 8.13. The van der Waals surface area contributed by atoms with Crippen LogP contribution >= 0.6 is 0 Å². The van der Waals surface area contributed by atoms with E-state index in [1.165, 1.54) is 28.2 Å². The maximum absolute atomic E-state index is 13.5. The van der Waals surface area contributed by atoms with Crippen LogP contribution in [-0.4, -0.2) is 95.1 Å². The van der Waals surface area contributed by atoms with Crippen molar-refractivity contribution in [3.63, 3.8) is 0 Å². The predicted molar refractivity (Wildman–Crippen MR) is 152 cm³/mol. The Labute approximate surface area is 237 Å². The number of aromatic amines is 1.